The topological polar surface area (TPSA) is 90.9 Å². The second-order valence-electron chi connectivity index (χ2n) is 4.63. The molecule has 7 heteroatoms. The molecule has 2 aliphatic rings. The number of hydrogen-bond acceptors (Lipinski definition) is 4. The molecule has 3 N–H and O–H groups in total. The van der Waals surface area contributed by atoms with Crippen molar-refractivity contribution in [3.8, 4) is 0 Å². The van der Waals surface area contributed by atoms with Gasteiger partial charge in [-0.05, 0) is 13.0 Å². The van der Waals surface area contributed by atoms with Crippen LogP contribution in [0, 0.1) is 5.92 Å². The second kappa shape index (κ2) is 6.01. The fourth-order valence-corrected chi connectivity index (χ4v) is 2.24. The number of aliphatic carboxylic acids is 1. The van der Waals surface area contributed by atoms with Gasteiger partial charge < -0.3 is 25.4 Å². The molecule has 2 saturated heterocycles. The standard InChI is InChI=1S/C11H19N3O4/c15-10(16)8-6-18-7-9(8)13-11(17)14-4-1-2-12-3-5-14/h8-9,12H,1-7H2,(H,13,17)(H,15,16). The van der Waals surface area contributed by atoms with Crippen LogP contribution in [0.1, 0.15) is 6.42 Å². The van der Waals surface area contributed by atoms with Gasteiger partial charge in [0.05, 0.1) is 19.3 Å². The van der Waals surface area contributed by atoms with Crippen LogP contribution in [0.25, 0.3) is 0 Å². The third-order valence-corrected chi connectivity index (χ3v) is 3.33. The molecular formula is C11H19N3O4. The van der Waals surface area contributed by atoms with Gasteiger partial charge in [0.25, 0.3) is 0 Å². The minimum atomic E-state index is -0.921. The molecule has 0 spiro atoms. The molecule has 2 fully saturated rings. The van der Waals surface area contributed by atoms with Crippen LogP contribution in [0.15, 0.2) is 0 Å². The Morgan fingerprint density at radius 2 is 2.11 bits per heavy atom. The molecule has 2 unspecified atom stereocenters. The smallest absolute Gasteiger partial charge is 0.317 e. The number of nitrogens with zero attached hydrogens (tertiary/aromatic N) is 1. The number of hydrogen-bond donors (Lipinski definition) is 3. The van der Waals surface area contributed by atoms with E-state index in [-0.39, 0.29) is 19.2 Å². The molecule has 2 atom stereocenters. The number of carbonyl (C=O) groups is 2. The molecule has 0 aromatic rings. The SMILES string of the molecule is O=C(O)C1COCC1NC(=O)N1CCCNCC1. The Morgan fingerprint density at radius 1 is 1.28 bits per heavy atom. The number of urea groups is 1. The van der Waals surface area contributed by atoms with Crippen molar-refractivity contribution in [1.29, 1.82) is 0 Å². The van der Waals surface area contributed by atoms with Crippen LogP contribution in [-0.4, -0.2) is 67.4 Å². The average molecular weight is 257 g/mol. The van der Waals surface area contributed by atoms with Gasteiger partial charge in [-0.1, -0.05) is 0 Å². The first kappa shape index (κ1) is 13.1. The Hall–Kier alpha value is -1.34. The van der Waals surface area contributed by atoms with Crippen LogP contribution in [-0.2, 0) is 9.53 Å². The van der Waals surface area contributed by atoms with E-state index in [4.69, 9.17) is 9.84 Å². The maximum absolute atomic E-state index is 12.0. The minimum absolute atomic E-state index is 0.168. The van der Waals surface area contributed by atoms with Gasteiger partial charge in [0, 0.05) is 19.6 Å². The van der Waals surface area contributed by atoms with Gasteiger partial charge in [-0.25, -0.2) is 4.79 Å². The first-order valence-corrected chi connectivity index (χ1v) is 6.25. The van der Waals surface area contributed by atoms with Crippen molar-refractivity contribution >= 4 is 12.0 Å². The monoisotopic (exact) mass is 257 g/mol. The van der Waals surface area contributed by atoms with Crippen molar-refractivity contribution in [2.75, 3.05) is 39.4 Å². The summed E-state index contributed by atoms with van der Waals surface area (Å²) in [4.78, 5) is 24.7. The fourth-order valence-electron chi connectivity index (χ4n) is 2.24. The maximum atomic E-state index is 12.0. The lowest BCUT2D eigenvalue weighted by Crippen LogP contribution is -2.49. The highest BCUT2D eigenvalue weighted by molar-refractivity contribution is 5.77. The summed E-state index contributed by atoms with van der Waals surface area (Å²) >= 11 is 0. The largest absolute Gasteiger partial charge is 0.481 e. The summed E-state index contributed by atoms with van der Waals surface area (Å²) in [5.41, 5.74) is 0. The Labute approximate surface area is 105 Å². The predicted octanol–water partition coefficient (Wildman–Crippen LogP) is -0.909. The number of carboxylic acid groups (broad SMARTS) is 1. The fraction of sp³-hybridized carbons (Fsp3) is 0.818. The quantitative estimate of drug-likeness (QED) is 0.596. The van der Waals surface area contributed by atoms with Gasteiger partial charge in [0.1, 0.15) is 5.92 Å². The molecule has 0 aromatic heterocycles. The zero-order valence-corrected chi connectivity index (χ0v) is 10.2. The summed E-state index contributed by atoms with van der Waals surface area (Å²) in [6.45, 7) is 3.48. The van der Waals surface area contributed by atoms with Crippen LogP contribution >= 0.6 is 0 Å². The van der Waals surface area contributed by atoms with E-state index in [9.17, 15) is 9.59 Å². The molecule has 2 aliphatic heterocycles. The number of carboxylic acids is 1. The lowest BCUT2D eigenvalue weighted by Gasteiger charge is -2.24. The summed E-state index contributed by atoms with van der Waals surface area (Å²) in [5, 5.41) is 15.0. The Balaban J connectivity index is 1.87. The summed E-state index contributed by atoms with van der Waals surface area (Å²) in [6, 6.07) is -0.619. The van der Waals surface area contributed by atoms with E-state index in [0.29, 0.717) is 13.1 Å². The van der Waals surface area contributed by atoms with E-state index in [0.717, 1.165) is 19.5 Å². The van der Waals surface area contributed by atoms with Crippen molar-refractivity contribution in [3.63, 3.8) is 0 Å². The molecule has 0 aliphatic carbocycles. The second-order valence-corrected chi connectivity index (χ2v) is 4.63. The zero-order chi connectivity index (χ0) is 13.0. The van der Waals surface area contributed by atoms with E-state index in [1.807, 2.05) is 0 Å². The molecule has 18 heavy (non-hydrogen) atoms. The normalized spacial score (nSPS) is 28.8. The number of carbonyl (C=O) groups excluding carboxylic acids is 1. The minimum Gasteiger partial charge on any atom is -0.481 e. The summed E-state index contributed by atoms with van der Waals surface area (Å²) in [7, 11) is 0. The molecule has 7 nitrogen and oxygen atoms in total. The lowest BCUT2D eigenvalue weighted by molar-refractivity contribution is -0.142. The first-order valence-electron chi connectivity index (χ1n) is 6.25. The van der Waals surface area contributed by atoms with Crippen molar-refractivity contribution in [1.82, 2.24) is 15.5 Å². The summed E-state index contributed by atoms with van der Waals surface area (Å²) in [6.07, 6.45) is 0.914. The van der Waals surface area contributed by atoms with Gasteiger partial charge in [0.2, 0.25) is 0 Å². The summed E-state index contributed by atoms with van der Waals surface area (Å²) < 4.78 is 5.12. The molecule has 0 bridgehead atoms. The first-order chi connectivity index (χ1) is 8.68. The van der Waals surface area contributed by atoms with Gasteiger partial charge in [0.15, 0.2) is 0 Å². The molecule has 2 amide bonds. The Kier molecular flexibility index (Phi) is 4.38. The van der Waals surface area contributed by atoms with E-state index < -0.39 is 17.9 Å². The Bertz CT molecular complexity index is 315. The van der Waals surface area contributed by atoms with Crippen LogP contribution in [0.2, 0.25) is 0 Å². The van der Waals surface area contributed by atoms with Crippen molar-refractivity contribution < 1.29 is 19.4 Å². The highest BCUT2D eigenvalue weighted by atomic mass is 16.5. The number of amides is 2. The average Bonchev–Trinajstić information content (AvgIpc) is 2.63. The van der Waals surface area contributed by atoms with Gasteiger partial charge >= 0.3 is 12.0 Å². The van der Waals surface area contributed by atoms with Crippen LogP contribution in [0.5, 0.6) is 0 Å². The molecule has 0 radical (unpaired) electrons. The molecule has 102 valence electrons. The van der Waals surface area contributed by atoms with Crippen molar-refractivity contribution in [3.05, 3.63) is 0 Å². The molecule has 2 rings (SSSR count). The summed E-state index contributed by atoms with van der Waals surface area (Å²) in [5.74, 6) is -1.56. The molecule has 0 aromatic carbocycles. The molecule has 2 heterocycles. The van der Waals surface area contributed by atoms with Gasteiger partial charge in [-0.2, -0.15) is 0 Å². The Morgan fingerprint density at radius 3 is 2.89 bits per heavy atom. The van der Waals surface area contributed by atoms with E-state index >= 15 is 0 Å². The van der Waals surface area contributed by atoms with Crippen LogP contribution < -0.4 is 10.6 Å². The van der Waals surface area contributed by atoms with E-state index in [1.54, 1.807) is 4.90 Å². The van der Waals surface area contributed by atoms with Gasteiger partial charge in [-0.3, -0.25) is 4.79 Å². The van der Waals surface area contributed by atoms with Crippen LogP contribution in [0.3, 0.4) is 0 Å². The van der Waals surface area contributed by atoms with Gasteiger partial charge in [-0.15, -0.1) is 0 Å². The maximum Gasteiger partial charge on any atom is 0.317 e. The lowest BCUT2D eigenvalue weighted by atomic mass is 10.0. The van der Waals surface area contributed by atoms with Crippen LogP contribution in [0.4, 0.5) is 4.79 Å². The number of nitrogens with one attached hydrogen (secondary N) is 2. The third kappa shape index (κ3) is 3.11. The number of ether oxygens (including phenoxy) is 1. The highest BCUT2D eigenvalue weighted by Gasteiger charge is 2.35. The predicted molar refractivity (Wildman–Crippen MR) is 63.3 cm³/mol. The molecular weight excluding hydrogens is 238 g/mol. The van der Waals surface area contributed by atoms with Crippen molar-refractivity contribution in [2.45, 2.75) is 12.5 Å². The zero-order valence-electron chi connectivity index (χ0n) is 10.2. The van der Waals surface area contributed by atoms with E-state index in [2.05, 4.69) is 10.6 Å². The van der Waals surface area contributed by atoms with E-state index in [1.165, 1.54) is 0 Å². The molecule has 0 saturated carbocycles. The van der Waals surface area contributed by atoms with Crippen molar-refractivity contribution in [2.24, 2.45) is 5.92 Å². The number of rotatable bonds is 2. The third-order valence-electron chi connectivity index (χ3n) is 3.33. The highest BCUT2D eigenvalue weighted by Crippen LogP contribution is 2.14.